The second kappa shape index (κ2) is 9.84. The molecule has 0 amide bonds. The number of unbranched alkanes of at least 4 members (excludes halogenated alkanes) is 1. The summed E-state index contributed by atoms with van der Waals surface area (Å²) in [6.45, 7) is 0.129. The molecule has 2 aromatic rings. The van der Waals surface area contributed by atoms with Crippen LogP contribution >= 0.6 is 0 Å². The molecule has 26 heavy (non-hydrogen) atoms. The van der Waals surface area contributed by atoms with Gasteiger partial charge in [0.25, 0.3) is 20.2 Å². The molecule has 0 aromatic heterocycles. The van der Waals surface area contributed by atoms with Crippen LogP contribution in [0.4, 0.5) is 0 Å². The first-order valence-electron chi connectivity index (χ1n) is 7.42. The van der Waals surface area contributed by atoms with E-state index >= 15 is 0 Å². The van der Waals surface area contributed by atoms with Crippen LogP contribution in [0.2, 0.25) is 0 Å². The van der Waals surface area contributed by atoms with E-state index in [0.29, 0.717) is 12.0 Å². The van der Waals surface area contributed by atoms with E-state index in [9.17, 15) is 21.4 Å². The van der Waals surface area contributed by atoms with E-state index in [1.807, 2.05) is 30.3 Å². The summed E-state index contributed by atoms with van der Waals surface area (Å²) < 4.78 is 67.5. The van der Waals surface area contributed by atoms with Crippen molar-refractivity contribution in [2.24, 2.45) is 0 Å². The van der Waals surface area contributed by atoms with Gasteiger partial charge >= 0.3 is 0 Å². The van der Waals surface area contributed by atoms with Crippen molar-refractivity contribution < 1.29 is 30.7 Å². The van der Waals surface area contributed by atoms with Gasteiger partial charge in [-0.2, -0.15) is 16.8 Å². The molecule has 2 aromatic carbocycles. The second-order valence-corrected chi connectivity index (χ2v) is 8.33. The topological polar surface area (TPSA) is 118 Å². The molecule has 0 saturated heterocycles. The maximum Gasteiger partial charge on any atom is 0.294 e. The summed E-state index contributed by atoms with van der Waals surface area (Å²) >= 11 is 0. The van der Waals surface area contributed by atoms with Crippen LogP contribution in [-0.2, 0) is 20.2 Å². The average molecular weight is 409 g/mol. The molecular weight excluding hydrogens is 391 g/mol. The Morgan fingerprint density at radius 1 is 0.885 bits per heavy atom. The van der Waals surface area contributed by atoms with Crippen molar-refractivity contribution in [1.29, 1.82) is 0 Å². The van der Waals surface area contributed by atoms with Gasteiger partial charge in [0.05, 0.1) is 17.3 Å². The monoisotopic (exact) mass is 409 g/mol. The number of hydrogen-bond donors (Lipinski definition) is 2. The van der Waals surface area contributed by atoms with Crippen molar-refractivity contribution in [2.75, 3.05) is 12.4 Å². The quantitative estimate of drug-likeness (QED) is 0.390. The zero-order valence-electron chi connectivity index (χ0n) is 14.2. The Balaban J connectivity index is 0.00000338. The number of hydrogen-bond acceptors (Lipinski definition) is 5. The third-order valence-electron chi connectivity index (χ3n) is 3.39. The summed E-state index contributed by atoms with van der Waals surface area (Å²) in [5.74, 6) is -0.111. The minimum atomic E-state index is -4.37. The first-order valence-corrected chi connectivity index (χ1v) is 10.5. The molecule has 0 aliphatic rings. The van der Waals surface area contributed by atoms with Gasteiger partial charge in [0.2, 0.25) is 0 Å². The van der Waals surface area contributed by atoms with Crippen LogP contribution in [0.5, 0.6) is 5.75 Å². The van der Waals surface area contributed by atoms with Crippen molar-refractivity contribution in [3.05, 3.63) is 48.5 Å². The SMILES string of the molecule is O=S(=O)(O)CCCCOc1cc(S(=O)(=O)O)ccc1-c1ccccc1.[Na]. The van der Waals surface area contributed by atoms with Crippen LogP contribution in [0.25, 0.3) is 11.1 Å². The Morgan fingerprint density at radius 2 is 1.54 bits per heavy atom. The van der Waals surface area contributed by atoms with Crippen molar-refractivity contribution in [1.82, 2.24) is 0 Å². The zero-order chi connectivity index (χ0) is 18.5. The summed E-state index contributed by atoms with van der Waals surface area (Å²) in [5, 5.41) is 0. The van der Waals surface area contributed by atoms with E-state index in [1.54, 1.807) is 0 Å². The van der Waals surface area contributed by atoms with Crippen LogP contribution in [0.15, 0.2) is 53.4 Å². The van der Waals surface area contributed by atoms with Gasteiger partial charge in [-0.15, -0.1) is 0 Å². The Hall–Kier alpha value is -0.940. The largest absolute Gasteiger partial charge is 0.493 e. The molecule has 2 rings (SSSR count). The maximum atomic E-state index is 11.3. The van der Waals surface area contributed by atoms with Gasteiger partial charge in [0, 0.05) is 41.2 Å². The van der Waals surface area contributed by atoms with Gasteiger partial charge in [-0.05, 0) is 30.5 Å². The van der Waals surface area contributed by atoms with E-state index in [-0.39, 0.29) is 59.0 Å². The molecule has 0 spiro atoms. The summed E-state index contributed by atoms with van der Waals surface area (Å²) in [6.07, 6.45) is 0.557. The van der Waals surface area contributed by atoms with Gasteiger partial charge in [-0.25, -0.2) is 0 Å². The zero-order valence-corrected chi connectivity index (χ0v) is 17.8. The van der Waals surface area contributed by atoms with E-state index in [0.717, 1.165) is 5.56 Å². The van der Waals surface area contributed by atoms with Gasteiger partial charge in [-0.3, -0.25) is 9.11 Å². The third-order valence-corrected chi connectivity index (χ3v) is 5.04. The van der Waals surface area contributed by atoms with Crippen molar-refractivity contribution >= 4 is 49.8 Å². The number of rotatable bonds is 8. The molecule has 0 heterocycles. The Morgan fingerprint density at radius 3 is 2.12 bits per heavy atom. The fourth-order valence-electron chi connectivity index (χ4n) is 2.21. The summed E-state index contributed by atoms with van der Waals surface area (Å²) in [5.41, 5.74) is 1.44. The Labute approximate surface area is 175 Å². The molecule has 1 radical (unpaired) electrons. The summed E-state index contributed by atoms with van der Waals surface area (Å²) in [4.78, 5) is -0.292. The second-order valence-electron chi connectivity index (χ2n) is 5.34. The van der Waals surface area contributed by atoms with Gasteiger partial charge in [0.15, 0.2) is 0 Å². The van der Waals surface area contributed by atoms with Crippen molar-refractivity contribution in [3.63, 3.8) is 0 Å². The van der Waals surface area contributed by atoms with Crippen LogP contribution in [-0.4, -0.2) is 67.9 Å². The normalized spacial score (nSPS) is 11.6. The molecule has 7 nitrogen and oxygen atoms in total. The molecule has 0 saturated carbocycles. The standard InChI is InChI=1S/C16H18O7S2.Na/c17-24(18,19)11-5-4-10-23-16-12-14(25(20,21)22)8-9-15(16)13-6-2-1-3-7-13;/h1-3,6-9,12H,4-5,10-11H2,(H,17,18,19)(H,20,21,22);. The Kier molecular flexibility index (Phi) is 8.74. The van der Waals surface area contributed by atoms with Crippen LogP contribution in [0, 0.1) is 0 Å². The minimum absolute atomic E-state index is 0. The minimum Gasteiger partial charge on any atom is -0.493 e. The van der Waals surface area contributed by atoms with E-state index in [2.05, 4.69) is 0 Å². The molecule has 0 aliphatic heterocycles. The predicted octanol–water partition coefficient (Wildman–Crippen LogP) is 2.27. The van der Waals surface area contributed by atoms with Crippen molar-refractivity contribution in [3.8, 4) is 16.9 Å². The molecule has 10 heteroatoms. The number of ether oxygens (including phenoxy) is 1. The summed E-state index contributed by atoms with van der Waals surface area (Å²) in [7, 11) is -8.39. The molecule has 0 aliphatic carbocycles. The average Bonchev–Trinajstić information content (AvgIpc) is 2.53. The van der Waals surface area contributed by atoms with E-state index in [1.165, 1.54) is 18.2 Å². The van der Waals surface area contributed by atoms with E-state index < -0.39 is 20.2 Å². The molecule has 0 atom stereocenters. The van der Waals surface area contributed by atoms with Gasteiger partial charge in [0.1, 0.15) is 5.75 Å². The molecule has 0 fully saturated rings. The van der Waals surface area contributed by atoms with Crippen LogP contribution < -0.4 is 4.74 Å². The van der Waals surface area contributed by atoms with Gasteiger partial charge < -0.3 is 4.74 Å². The fourth-order valence-corrected chi connectivity index (χ4v) is 3.27. The number of benzene rings is 2. The maximum absolute atomic E-state index is 11.3. The van der Waals surface area contributed by atoms with Crippen molar-refractivity contribution in [2.45, 2.75) is 17.7 Å². The Bertz CT molecular complexity index is 926. The molecule has 0 unspecified atom stereocenters. The van der Waals surface area contributed by atoms with Crippen LogP contribution in [0.3, 0.4) is 0 Å². The molecule has 2 N–H and O–H groups in total. The first-order chi connectivity index (χ1) is 11.7. The third kappa shape index (κ3) is 7.36. The molecule has 0 bridgehead atoms. The predicted molar refractivity (Wildman–Crippen MR) is 98.6 cm³/mol. The smallest absolute Gasteiger partial charge is 0.294 e. The first kappa shape index (κ1) is 23.1. The van der Waals surface area contributed by atoms with Gasteiger partial charge in [-0.1, -0.05) is 30.3 Å². The fraction of sp³-hybridized carbons (Fsp3) is 0.250. The molecular formula is C16H18NaO7S2. The van der Waals surface area contributed by atoms with Crippen LogP contribution in [0.1, 0.15) is 12.8 Å². The summed E-state index contributed by atoms with van der Waals surface area (Å²) in [6, 6.07) is 13.2. The van der Waals surface area contributed by atoms with E-state index in [4.69, 9.17) is 9.29 Å². The molecule has 137 valence electrons.